The lowest BCUT2D eigenvalue weighted by Crippen LogP contribution is -2.43. The average molecular weight is 495 g/mol. The molecule has 0 saturated carbocycles. The molecular weight excluding hydrogens is 464 g/mol. The number of benzene rings is 2. The standard InChI is InChI=1S/C26H30N2O6Si/c1-3-13-33-35(34-14-4-2)17-18(15-27-23(29)19-9-5-6-10-20(19)24(27)30)16-28-25(31)21-11-7-8-12-22(21)26(28)32/h5-12,18,35H,3-4,13-17H2,1-2H3. The van der Waals surface area contributed by atoms with Crippen LogP contribution in [0.15, 0.2) is 48.5 Å². The van der Waals surface area contributed by atoms with Crippen LogP contribution in [-0.2, 0) is 8.85 Å². The summed E-state index contributed by atoms with van der Waals surface area (Å²) in [6, 6.07) is 13.9. The number of rotatable bonds is 12. The number of carbonyl (C=O) groups is 4. The monoisotopic (exact) mass is 494 g/mol. The molecule has 35 heavy (non-hydrogen) atoms. The van der Waals surface area contributed by atoms with Crippen LogP contribution in [0.4, 0.5) is 0 Å². The van der Waals surface area contributed by atoms with Crippen LogP contribution in [0.25, 0.3) is 0 Å². The second-order valence-corrected chi connectivity index (χ2v) is 10.8. The van der Waals surface area contributed by atoms with Gasteiger partial charge in [0, 0.05) is 26.3 Å². The number of fused-ring (bicyclic) bond motifs is 2. The molecule has 0 radical (unpaired) electrons. The molecule has 0 unspecified atom stereocenters. The third-order valence-electron chi connectivity index (χ3n) is 6.18. The quantitative estimate of drug-likeness (QED) is 0.332. The van der Waals surface area contributed by atoms with E-state index in [2.05, 4.69) is 0 Å². The van der Waals surface area contributed by atoms with E-state index in [-0.39, 0.29) is 42.6 Å². The van der Waals surface area contributed by atoms with Gasteiger partial charge in [0.1, 0.15) is 0 Å². The molecule has 184 valence electrons. The minimum atomic E-state index is -2.18. The maximum absolute atomic E-state index is 13.0. The summed E-state index contributed by atoms with van der Waals surface area (Å²) in [6.07, 6.45) is 1.67. The van der Waals surface area contributed by atoms with Crippen molar-refractivity contribution in [2.45, 2.75) is 32.7 Å². The summed E-state index contributed by atoms with van der Waals surface area (Å²) < 4.78 is 12.0. The third-order valence-corrected chi connectivity index (χ3v) is 8.45. The molecule has 0 saturated heterocycles. The number of carbonyl (C=O) groups excluding carboxylic acids is 4. The smallest absolute Gasteiger partial charge is 0.321 e. The zero-order valence-electron chi connectivity index (χ0n) is 20.1. The summed E-state index contributed by atoms with van der Waals surface area (Å²) in [6.45, 7) is 5.28. The predicted molar refractivity (Wildman–Crippen MR) is 132 cm³/mol. The molecule has 0 aromatic heterocycles. The Morgan fingerprint density at radius 1 is 0.657 bits per heavy atom. The van der Waals surface area contributed by atoms with Crippen molar-refractivity contribution in [3.8, 4) is 0 Å². The number of hydrogen-bond acceptors (Lipinski definition) is 6. The van der Waals surface area contributed by atoms with Gasteiger partial charge in [-0.3, -0.25) is 29.0 Å². The van der Waals surface area contributed by atoms with E-state index < -0.39 is 9.28 Å². The van der Waals surface area contributed by atoms with Gasteiger partial charge >= 0.3 is 9.28 Å². The average Bonchev–Trinajstić information content (AvgIpc) is 3.26. The zero-order chi connectivity index (χ0) is 24.9. The summed E-state index contributed by atoms with van der Waals surface area (Å²) >= 11 is 0. The summed E-state index contributed by atoms with van der Waals surface area (Å²) in [5, 5.41) is 0. The van der Waals surface area contributed by atoms with E-state index in [9.17, 15) is 19.2 Å². The molecule has 8 nitrogen and oxygen atoms in total. The number of imide groups is 2. The van der Waals surface area contributed by atoms with Crippen molar-refractivity contribution in [2.24, 2.45) is 5.92 Å². The molecule has 0 spiro atoms. The van der Waals surface area contributed by atoms with Crippen molar-refractivity contribution in [3.63, 3.8) is 0 Å². The number of amides is 4. The first-order valence-corrected chi connectivity index (χ1v) is 13.9. The Balaban J connectivity index is 1.57. The lowest BCUT2D eigenvalue weighted by atomic mass is 10.1. The van der Waals surface area contributed by atoms with E-state index in [4.69, 9.17) is 8.85 Å². The van der Waals surface area contributed by atoms with Crippen LogP contribution >= 0.6 is 0 Å². The highest BCUT2D eigenvalue weighted by molar-refractivity contribution is 6.44. The fourth-order valence-corrected chi connectivity index (χ4v) is 6.70. The molecule has 9 heteroatoms. The normalized spacial score (nSPS) is 15.1. The van der Waals surface area contributed by atoms with Crippen molar-refractivity contribution in [3.05, 3.63) is 70.8 Å². The Kier molecular flexibility index (Phi) is 7.89. The molecule has 2 aliphatic heterocycles. The first-order chi connectivity index (χ1) is 17.0. The first kappa shape index (κ1) is 25.0. The van der Waals surface area contributed by atoms with Crippen LogP contribution in [0.1, 0.15) is 68.1 Å². The largest absolute Gasteiger partial charge is 0.397 e. The molecule has 4 rings (SSSR count). The maximum Gasteiger partial charge on any atom is 0.321 e. The Bertz CT molecular complexity index is 981. The minimum Gasteiger partial charge on any atom is -0.397 e. The highest BCUT2D eigenvalue weighted by Crippen LogP contribution is 2.28. The van der Waals surface area contributed by atoms with Gasteiger partial charge in [0.25, 0.3) is 23.6 Å². The van der Waals surface area contributed by atoms with E-state index in [1.165, 1.54) is 9.80 Å². The van der Waals surface area contributed by atoms with Gasteiger partial charge in [-0.1, -0.05) is 38.1 Å². The van der Waals surface area contributed by atoms with Gasteiger partial charge in [-0.05, 0) is 49.1 Å². The van der Waals surface area contributed by atoms with Crippen LogP contribution in [0.5, 0.6) is 0 Å². The molecule has 0 fully saturated rings. The van der Waals surface area contributed by atoms with Crippen LogP contribution in [0.2, 0.25) is 6.04 Å². The minimum absolute atomic E-state index is 0.0776. The van der Waals surface area contributed by atoms with Crippen LogP contribution < -0.4 is 0 Å². The Labute approximate surface area is 206 Å². The van der Waals surface area contributed by atoms with Gasteiger partial charge in [-0.2, -0.15) is 0 Å². The molecule has 4 amide bonds. The van der Waals surface area contributed by atoms with Gasteiger partial charge in [0.2, 0.25) is 0 Å². The van der Waals surface area contributed by atoms with Crippen LogP contribution in [0.3, 0.4) is 0 Å². The first-order valence-electron chi connectivity index (χ1n) is 12.1. The maximum atomic E-state index is 13.0. The SMILES string of the molecule is CCCO[SiH](CC(CN1C(=O)c2ccccc2C1=O)CN1C(=O)c2ccccc2C1=O)OCCC. The summed E-state index contributed by atoms with van der Waals surface area (Å²) in [4.78, 5) is 54.5. The second-order valence-electron chi connectivity index (χ2n) is 8.81. The second kappa shape index (κ2) is 11.1. The van der Waals surface area contributed by atoms with Crippen molar-refractivity contribution >= 4 is 32.9 Å². The van der Waals surface area contributed by atoms with Gasteiger partial charge in [0.15, 0.2) is 0 Å². The van der Waals surface area contributed by atoms with Gasteiger partial charge < -0.3 is 8.85 Å². The van der Waals surface area contributed by atoms with Crippen molar-refractivity contribution < 1.29 is 28.0 Å². The zero-order valence-corrected chi connectivity index (χ0v) is 21.2. The van der Waals surface area contributed by atoms with Crippen LogP contribution in [-0.4, -0.2) is 69.0 Å². The van der Waals surface area contributed by atoms with Gasteiger partial charge in [0.05, 0.1) is 22.3 Å². The highest BCUT2D eigenvalue weighted by Gasteiger charge is 2.41. The van der Waals surface area contributed by atoms with Gasteiger partial charge in [-0.25, -0.2) is 0 Å². The summed E-state index contributed by atoms with van der Waals surface area (Å²) in [5.41, 5.74) is 1.48. The van der Waals surface area contributed by atoms with E-state index in [1.807, 2.05) is 13.8 Å². The molecule has 0 atom stereocenters. The fraction of sp³-hybridized carbons (Fsp3) is 0.385. The lowest BCUT2D eigenvalue weighted by molar-refractivity contribution is 0.0578. The molecule has 0 N–H and O–H groups in total. The van der Waals surface area contributed by atoms with Crippen LogP contribution in [0, 0.1) is 5.92 Å². The highest BCUT2D eigenvalue weighted by atomic mass is 28.3. The van der Waals surface area contributed by atoms with Crippen molar-refractivity contribution in [1.82, 2.24) is 9.80 Å². The Morgan fingerprint density at radius 3 is 1.31 bits per heavy atom. The number of nitrogens with zero attached hydrogens (tertiary/aromatic N) is 2. The fourth-order valence-electron chi connectivity index (χ4n) is 4.49. The van der Waals surface area contributed by atoms with Gasteiger partial charge in [-0.15, -0.1) is 0 Å². The number of hydrogen-bond donors (Lipinski definition) is 0. The molecule has 2 aromatic carbocycles. The summed E-state index contributed by atoms with van der Waals surface area (Å²) in [5.74, 6) is -1.81. The van der Waals surface area contributed by atoms with Crippen molar-refractivity contribution in [2.75, 3.05) is 26.3 Å². The van der Waals surface area contributed by atoms with Crippen molar-refractivity contribution in [1.29, 1.82) is 0 Å². The van der Waals surface area contributed by atoms with E-state index in [1.54, 1.807) is 48.5 Å². The summed E-state index contributed by atoms with van der Waals surface area (Å²) in [7, 11) is -2.18. The van der Waals surface area contributed by atoms with E-state index in [0.717, 1.165) is 12.8 Å². The van der Waals surface area contributed by atoms with E-state index in [0.29, 0.717) is 41.5 Å². The van der Waals surface area contributed by atoms with E-state index >= 15 is 0 Å². The molecule has 0 bridgehead atoms. The molecule has 0 aliphatic carbocycles. The molecule has 2 heterocycles. The topological polar surface area (TPSA) is 93.2 Å². The lowest BCUT2D eigenvalue weighted by Gasteiger charge is -2.28. The third kappa shape index (κ3) is 5.12. The molecule has 2 aliphatic rings. The molecular formula is C26H30N2O6Si. The Hall–Kier alpha value is -3.14. The molecule has 2 aromatic rings. The Morgan fingerprint density at radius 2 is 1.00 bits per heavy atom. The predicted octanol–water partition coefficient (Wildman–Crippen LogP) is 3.27.